The zero-order valence-corrected chi connectivity index (χ0v) is 10.9. The van der Waals surface area contributed by atoms with Crippen molar-refractivity contribution < 1.29 is 0 Å². The molecule has 0 spiro atoms. The van der Waals surface area contributed by atoms with Crippen LogP contribution in [0.3, 0.4) is 0 Å². The molecule has 0 amide bonds. The molecule has 0 aliphatic rings. The number of hydrogen-bond donors (Lipinski definition) is 2. The Hall–Kier alpha value is -2.35. The second-order valence-electron chi connectivity index (χ2n) is 4.80. The molecule has 3 rings (SSSR count). The molecule has 1 unspecified atom stereocenters. The highest BCUT2D eigenvalue weighted by molar-refractivity contribution is 5.78. The topological polar surface area (TPSA) is 39.6 Å². The van der Waals surface area contributed by atoms with Gasteiger partial charge in [-0.15, -0.1) is 0 Å². The summed E-state index contributed by atoms with van der Waals surface area (Å²) in [4.78, 5) is 3.29. The molecule has 2 heteroatoms. The molecule has 2 N–H and O–H groups in total. The van der Waals surface area contributed by atoms with E-state index in [0.717, 1.165) is 16.5 Å². The van der Waals surface area contributed by atoms with Crippen LogP contribution < -0.4 is 5.36 Å². The standard InChI is InChI=1S/C17H16N2/c1-12(13-7-3-2-4-8-13)15-11-19-16-10-6-5-9-14(16)17(15)18/h2-12H,1H3,(H2,18,19). The lowest BCUT2D eigenvalue weighted by Crippen LogP contribution is -2.13. The minimum absolute atomic E-state index is 0.217. The van der Waals surface area contributed by atoms with E-state index in [0.29, 0.717) is 5.36 Å². The van der Waals surface area contributed by atoms with Crippen molar-refractivity contribution in [2.24, 2.45) is 0 Å². The molecule has 2 aromatic carbocycles. The summed E-state index contributed by atoms with van der Waals surface area (Å²) in [6.45, 7) is 2.14. The summed E-state index contributed by atoms with van der Waals surface area (Å²) in [5.41, 5.74) is 3.28. The molecule has 94 valence electrons. The number of aromatic nitrogens is 1. The zero-order valence-electron chi connectivity index (χ0n) is 10.9. The summed E-state index contributed by atoms with van der Waals surface area (Å²) in [6.07, 6.45) is 1.96. The van der Waals surface area contributed by atoms with E-state index in [2.05, 4.69) is 24.0 Å². The lowest BCUT2D eigenvalue weighted by Gasteiger charge is -2.13. The number of hydrogen-bond acceptors (Lipinski definition) is 1. The number of benzene rings is 2. The van der Waals surface area contributed by atoms with Gasteiger partial charge in [0.25, 0.3) is 0 Å². The number of H-pyrrole nitrogens is 1. The Morgan fingerprint density at radius 1 is 0.947 bits per heavy atom. The summed E-state index contributed by atoms with van der Waals surface area (Å²) in [6, 6.07) is 18.3. The molecule has 0 aliphatic heterocycles. The van der Waals surface area contributed by atoms with Gasteiger partial charge in [-0.3, -0.25) is 5.41 Å². The van der Waals surface area contributed by atoms with Gasteiger partial charge < -0.3 is 4.98 Å². The van der Waals surface area contributed by atoms with Crippen molar-refractivity contribution in [2.45, 2.75) is 12.8 Å². The van der Waals surface area contributed by atoms with Crippen LogP contribution in [-0.4, -0.2) is 4.98 Å². The van der Waals surface area contributed by atoms with Crippen LogP contribution in [-0.2, 0) is 0 Å². The van der Waals surface area contributed by atoms with Crippen LogP contribution in [0.1, 0.15) is 24.0 Å². The number of aromatic amines is 1. The summed E-state index contributed by atoms with van der Waals surface area (Å²) < 4.78 is 0. The molecule has 0 saturated carbocycles. The van der Waals surface area contributed by atoms with E-state index in [1.54, 1.807) is 0 Å². The van der Waals surface area contributed by atoms with Gasteiger partial charge in [-0.1, -0.05) is 55.5 Å². The van der Waals surface area contributed by atoms with Gasteiger partial charge in [0.05, 0.1) is 5.36 Å². The maximum absolute atomic E-state index is 8.40. The summed E-state index contributed by atoms with van der Waals surface area (Å²) >= 11 is 0. The van der Waals surface area contributed by atoms with Crippen molar-refractivity contribution in [1.82, 2.24) is 4.98 Å². The lowest BCUT2D eigenvalue weighted by atomic mass is 9.93. The third-order valence-corrected chi connectivity index (χ3v) is 3.63. The Morgan fingerprint density at radius 3 is 2.42 bits per heavy atom. The quantitative estimate of drug-likeness (QED) is 0.692. The molecule has 0 aliphatic carbocycles. The number of fused-ring (bicyclic) bond motifs is 1. The molecule has 1 aromatic heterocycles. The van der Waals surface area contributed by atoms with Gasteiger partial charge in [0.2, 0.25) is 0 Å². The zero-order chi connectivity index (χ0) is 13.2. The molecule has 0 fully saturated rings. The van der Waals surface area contributed by atoms with Gasteiger partial charge >= 0.3 is 0 Å². The van der Waals surface area contributed by atoms with E-state index in [1.165, 1.54) is 5.56 Å². The fraction of sp³-hybridized carbons (Fsp3) is 0.118. The molecule has 3 aromatic rings. The number of nitrogens with one attached hydrogen (secondary N) is 2. The molecule has 2 nitrogen and oxygen atoms in total. The van der Waals surface area contributed by atoms with Crippen molar-refractivity contribution in [2.75, 3.05) is 0 Å². The molecule has 1 atom stereocenters. The highest BCUT2D eigenvalue weighted by Gasteiger charge is 2.11. The first-order chi connectivity index (χ1) is 9.27. The largest absolute Gasteiger partial charge is 0.361 e. The van der Waals surface area contributed by atoms with Crippen molar-refractivity contribution in [3.05, 3.63) is 77.3 Å². The van der Waals surface area contributed by atoms with Gasteiger partial charge in [-0.05, 0) is 11.6 Å². The monoisotopic (exact) mass is 248 g/mol. The summed E-state index contributed by atoms with van der Waals surface area (Å²) in [7, 11) is 0. The second kappa shape index (κ2) is 4.73. The maximum Gasteiger partial charge on any atom is 0.0685 e. The molecule has 0 radical (unpaired) electrons. The number of para-hydroxylation sites is 1. The minimum atomic E-state index is 0.217. The average Bonchev–Trinajstić information content (AvgIpc) is 2.48. The first kappa shape index (κ1) is 11.7. The Balaban J connectivity index is 2.16. The highest BCUT2D eigenvalue weighted by atomic mass is 14.7. The summed E-state index contributed by atoms with van der Waals surface area (Å²) in [5, 5.41) is 9.99. The van der Waals surface area contributed by atoms with Crippen molar-refractivity contribution in [1.29, 1.82) is 5.41 Å². The molecule has 0 bridgehead atoms. The van der Waals surface area contributed by atoms with E-state index in [1.807, 2.05) is 48.7 Å². The van der Waals surface area contributed by atoms with Crippen molar-refractivity contribution >= 4 is 10.9 Å². The highest BCUT2D eigenvalue weighted by Crippen LogP contribution is 2.22. The van der Waals surface area contributed by atoms with Crippen LogP contribution in [0.25, 0.3) is 10.9 Å². The Labute approximate surface area is 112 Å². The van der Waals surface area contributed by atoms with Crippen LogP contribution >= 0.6 is 0 Å². The summed E-state index contributed by atoms with van der Waals surface area (Å²) in [5.74, 6) is 0.217. The number of rotatable bonds is 2. The van der Waals surface area contributed by atoms with Crippen molar-refractivity contribution in [3.8, 4) is 0 Å². The van der Waals surface area contributed by atoms with Crippen LogP contribution in [0.5, 0.6) is 0 Å². The lowest BCUT2D eigenvalue weighted by molar-refractivity contribution is 0.893. The van der Waals surface area contributed by atoms with Gasteiger partial charge in [0, 0.05) is 28.6 Å². The predicted molar refractivity (Wildman–Crippen MR) is 78.1 cm³/mol. The fourth-order valence-electron chi connectivity index (χ4n) is 2.47. The van der Waals surface area contributed by atoms with Crippen LogP contribution in [0.15, 0.2) is 60.8 Å². The normalized spacial score (nSPS) is 12.5. The van der Waals surface area contributed by atoms with E-state index >= 15 is 0 Å². The van der Waals surface area contributed by atoms with Gasteiger partial charge in [0.15, 0.2) is 0 Å². The first-order valence-electron chi connectivity index (χ1n) is 6.47. The van der Waals surface area contributed by atoms with Crippen molar-refractivity contribution in [3.63, 3.8) is 0 Å². The second-order valence-corrected chi connectivity index (χ2v) is 4.80. The smallest absolute Gasteiger partial charge is 0.0685 e. The van der Waals surface area contributed by atoms with Crippen LogP contribution in [0, 0.1) is 5.41 Å². The van der Waals surface area contributed by atoms with E-state index in [-0.39, 0.29) is 5.92 Å². The Bertz CT molecular complexity index is 757. The minimum Gasteiger partial charge on any atom is -0.361 e. The van der Waals surface area contributed by atoms with E-state index in [9.17, 15) is 0 Å². The van der Waals surface area contributed by atoms with Gasteiger partial charge in [-0.25, -0.2) is 0 Å². The van der Waals surface area contributed by atoms with E-state index in [4.69, 9.17) is 5.41 Å². The number of pyridine rings is 1. The molecule has 1 heterocycles. The van der Waals surface area contributed by atoms with Gasteiger partial charge in [0.1, 0.15) is 0 Å². The average molecular weight is 248 g/mol. The maximum atomic E-state index is 8.40. The fourth-order valence-corrected chi connectivity index (χ4v) is 2.47. The Morgan fingerprint density at radius 2 is 1.63 bits per heavy atom. The van der Waals surface area contributed by atoms with Crippen LogP contribution in [0.2, 0.25) is 0 Å². The third kappa shape index (κ3) is 2.06. The molecule has 0 saturated heterocycles. The van der Waals surface area contributed by atoms with Gasteiger partial charge in [-0.2, -0.15) is 0 Å². The third-order valence-electron chi connectivity index (χ3n) is 3.63. The van der Waals surface area contributed by atoms with Crippen LogP contribution in [0.4, 0.5) is 0 Å². The Kier molecular flexibility index (Phi) is 2.92. The SMILES string of the molecule is CC(c1ccccc1)c1c[nH]c2ccccc2c1=N. The molecule has 19 heavy (non-hydrogen) atoms. The molecular formula is C17H16N2. The first-order valence-corrected chi connectivity index (χ1v) is 6.47. The molecular weight excluding hydrogens is 232 g/mol. The van der Waals surface area contributed by atoms with E-state index < -0.39 is 0 Å². The predicted octanol–water partition coefficient (Wildman–Crippen LogP) is 3.80.